The molecule has 0 radical (unpaired) electrons. The molecule has 0 heterocycles. The first-order valence-electron chi connectivity index (χ1n) is 13.0. The van der Waals surface area contributed by atoms with E-state index >= 15 is 0 Å². The predicted octanol–water partition coefficient (Wildman–Crippen LogP) is 8.99. The molecular weight excluding hydrogens is 515 g/mol. The van der Waals surface area contributed by atoms with E-state index in [1.54, 1.807) is 0 Å². The highest BCUT2D eigenvalue weighted by atomic mass is 32.2. The van der Waals surface area contributed by atoms with Gasteiger partial charge in [0.2, 0.25) is 0 Å². The molecule has 0 atom stereocenters. The minimum atomic E-state index is -2.25. The van der Waals surface area contributed by atoms with E-state index in [1.165, 1.54) is 36.6 Å². The van der Waals surface area contributed by atoms with Gasteiger partial charge in [0.25, 0.3) is 0 Å². The van der Waals surface area contributed by atoms with Gasteiger partial charge >= 0.3 is 0 Å². The molecule has 5 aromatic rings. The zero-order valence-electron chi connectivity index (χ0n) is 21.6. The molecule has 0 saturated heterocycles. The molecule has 0 amide bonds. The SMILES string of the molecule is CCS/C(SCc1ccccc1)=C(/c1ccccc1)[P+](c1ccccc1)(c1ccccc1)c1ccccc1. The van der Waals surface area contributed by atoms with Crippen LogP contribution in [0.15, 0.2) is 156 Å². The van der Waals surface area contributed by atoms with Crippen molar-refractivity contribution in [1.82, 2.24) is 0 Å². The van der Waals surface area contributed by atoms with Crippen molar-refractivity contribution >= 4 is 52.0 Å². The number of rotatable bonds is 10. The van der Waals surface area contributed by atoms with Gasteiger partial charge in [-0.25, -0.2) is 0 Å². The van der Waals surface area contributed by atoms with E-state index in [-0.39, 0.29) is 0 Å². The largest absolute Gasteiger partial charge is 0.146 e. The van der Waals surface area contributed by atoms with Crippen LogP contribution >= 0.6 is 30.8 Å². The van der Waals surface area contributed by atoms with Crippen molar-refractivity contribution in [2.75, 3.05) is 5.75 Å². The average Bonchev–Trinajstić information content (AvgIpc) is 3.00. The Morgan fingerprint density at radius 2 is 0.895 bits per heavy atom. The Bertz CT molecular complexity index is 1340. The summed E-state index contributed by atoms with van der Waals surface area (Å²) in [7, 11) is -2.25. The van der Waals surface area contributed by atoms with Crippen molar-refractivity contribution < 1.29 is 0 Å². The molecule has 5 aromatic carbocycles. The Morgan fingerprint density at radius 3 is 1.32 bits per heavy atom. The van der Waals surface area contributed by atoms with Gasteiger partial charge in [0, 0.05) is 11.3 Å². The van der Waals surface area contributed by atoms with E-state index in [2.05, 4.69) is 159 Å². The maximum Gasteiger partial charge on any atom is 0.146 e. The van der Waals surface area contributed by atoms with Crippen LogP contribution in [0.3, 0.4) is 0 Å². The van der Waals surface area contributed by atoms with Gasteiger partial charge in [-0.15, -0.1) is 23.5 Å². The van der Waals surface area contributed by atoms with Gasteiger partial charge in [0.1, 0.15) is 28.5 Å². The third-order valence-corrected chi connectivity index (χ3v) is 13.6. The third kappa shape index (κ3) is 5.69. The van der Waals surface area contributed by atoms with E-state index in [0.717, 1.165) is 11.5 Å². The van der Waals surface area contributed by atoms with Crippen molar-refractivity contribution in [1.29, 1.82) is 0 Å². The lowest BCUT2D eigenvalue weighted by Gasteiger charge is -2.31. The van der Waals surface area contributed by atoms with E-state index in [0.29, 0.717) is 0 Å². The molecule has 0 bridgehead atoms. The van der Waals surface area contributed by atoms with Gasteiger partial charge in [-0.05, 0) is 47.7 Å². The molecule has 0 N–H and O–H groups in total. The smallest absolute Gasteiger partial charge is 0.115 e. The zero-order chi connectivity index (χ0) is 26.0. The summed E-state index contributed by atoms with van der Waals surface area (Å²) in [5.74, 6) is 1.96. The van der Waals surface area contributed by atoms with Gasteiger partial charge in [-0.3, -0.25) is 0 Å². The maximum atomic E-state index is 2.34. The van der Waals surface area contributed by atoms with Crippen LogP contribution in [-0.2, 0) is 5.75 Å². The van der Waals surface area contributed by atoms with Gasteiger partial charge in [-0.2, -0.15) is 0 Å². The predicted molar refractivity (Wildman–Crippen MR) is 174 cm³/mol. The van der Waals surface area contributed by atoms with E-state index < -0.39 is 7.26 Å². The molecule has 0 spiro atoms. The monoisotopic (exact) mass is 547 g/mol. The first-order valence-corrected chi connectivity index (χ1v) is 16.8. The summed E-state index contributed by atoms with van der Waals surface area (Å²) in [6.07, 6.45) is 0. The summed E-state index contributed by atoms with van der Waals surface area (Å²) < 4.78 is 1.41. The molecule has 0 fully saturated rings. The normalized spacial score (nSPS) is 12.1. The van der Waals surface area contributed by atoms with Crippen molar-refractivity contribution in [3.8, 4) is 0 Å². The lowest BCUT2D eigenvalue weighted by molar-refractivity contribution is 1.42. The highest BCUT2D eigenvalue weighted by molar-refractivity contribution is 8.23. The molecule has 0 unspecified atom stereocenters. The Morgan fingerprint density at radius 1 is 0.500 bits per heavy atom. The molecule has 0 aromatic heterocycles. The van der Waals surface area contributed by atoms with Crippen LogP contribution in [0.1, 0.15) is 18.1 Å². The minimum Gasteiger partial charge on any atom is -0.115 e. The van der Waals surface area contributed by atoms with Crippen LogP contribution in [0.25, 0.3) is 5.31 Å². The number of benzene rings is 5. The second-order valence-corrected chi connectivity index (χ2v) is 14.7. The highest BCUT2D eigenvalue weighted by Crippen LogP contribution is 2.69. The summed E-state index contributed by atoms with van der Waals surface area (Å²) >= 11 is 3.96. The fourth-order valence-corrected chi connectivity index (χ4v) is 12.5. The second kappa shape index (κ2) is 13.2. The second-order valence-electron chi connectivity index (χ2n) is 8.89. The van der Waals surface area contributed by atoms with Crippen LogP contribution in [0.4, 0.5) is 0 Å². The van der Waals surface area contributed by atoms with E-state index in [4.69, 9.17) is 0 Å². The Labute approximate surface area is 236 Å². The van der Waals surface area contributed by atoms with Crippen molar-refractivity contribution in [2.45, 2.75) is 12.7 Å². The molecule has 0 aliphatic rings. The van der Waals surface area contributed by atoms with Crippen LogP contribution in [0.2, 0.25) is 0 Å². The molecule has 188 valence electrons. The lowest BCUT2D eigenvalue weighted by Crippen LogP contribution is -2.32. The average molecular weight is 548 g/mol. The highest BCUT2D eigenvalue weighted by Gasteiger charge is 2.51. The van der Waals surface area contributed by atoms with Crippen LogP contribution in [-0.4, -0.2) is 5.75 Å². The van der Waals surface area contributed by atoms with Gasteiger partial charge < -0.3 is 0 Å². The molecule has 38 heavy (non-hydrogen) atoms. The fraction of sp³-hybridized carbons (Fsp3) is 0.0857. The minimum absolute atomic E-state index is 0.942. The first kappa shape index (κ1) is 26.6. The number of thioether (sulfide) groups is 2. The topological polar surface area (TPSA) is 0 Å². The Hall–Kier alpha value is -3.03. The van der Waals surface area contributed by atoms with E-state index in [9.17, 15) is 0 Å². The summed E-state index contributed by atoms with van der Waals surface area (Å²) in [5.41, 5.74) is 2.65. The number of hydrogen-bond donors (Lipinski definition) is 0. The van der Waals surface area contributed by atoms with Crippen molar-refractivity contribution in [3.05, 3.63) is 167 Å². The number of hydrogen-bond acceptors (Lipinski definition) is 2. The van der Waals surface area contributed by atoms with E-state index in [1.807, 2.05) is 23.5 Å². The van der Waals surface area contributed by atoms with Gasteiger partial charge in [-0.1, -0.05) is 122 Å². The van der Waals surface area contributed by atoms with Crippen molar-refractivity contribution in [2.24, 2.45) is 0 Å². The van der Waals surface area contributed by atoms with Crippen LogP contribution in [0.5, 0.6) is 0 Å². The molecule has 5 rings (SSSR count). The quantitative estimate of drug-likeness (QED) is 0.160. The van der Waals surface area contributed by atoms with Crippen molar-refractivity contribution in [3.63, 3.8) is 0 Å². The third-order valence-electron chi connectivity index (χ3n) is 6.49. The summed E-state index contributed by atoms with van der Waals surface area (Å²) in [5, 5.41) is 5.59. The van der Waals surface area contributed by atoms with Gasteiger partial charge in [0.05, 0.1) is 4.24 Å². The summed E-state index contributed by atoms with van der Waals surface area (Å²) in [4.78, 5) is 0. The standard InChI is InChI=1S/C35H32PS2/c1-2-37-35(38-28-29-18-8-3-9-19-29)34(30-20-10-4-11-21-30)36(31-22-12-5-13-23-31,32-24-14-6-15-25-32)33-26-16-7-17-27-33/h3-27H,2,28H2,1H3/q+1/b35-34+. The van der Waals surface area contributed by atoms with Gasteiger partial charge in [0.15, 0.2) is 0 Å². The molecule has 0 aliphatic carbocycles. The Balaban J connectivity index is 1.88. The van der Waals surface area contributed by atoms with Crippen LogP contribution in [0, 0.1) is 0 Å². The molecule has 0 saturated carbocycles. The lowest BCUT2D eigenvalue weighted by atomic mass is 10.2. The molecular formula is C35H32PS2+. The fourth-order valence-electron chi connectivity index (χ4n) is 4.87. The maximum absolute atomic E-state index is 2.34. The molecule has 3 heteroatoms. The first-order chi connectivity index (χ1) is 18.8. The van der Waals surface area contributed by atoms with Crippen LogP contribution < -0.4 is 15.9 Å². The summed E-state index contributed by atoms with van der Waals surface area (Å²) in [6, 6.07) is 55.5. The molecule has 0 aliphatic heterocycles. The molecule has 0 nitrogen and oxygen atoms in total. The Kier molecular flexibility index (Phi) is 9.20. The summed E-state index contributed by atoms with van der Waals surface area (Å²) in [6.45, 7) is 2.27. The zero-order valence-corrected chi connectivity index (χ0v) is 24.1.